The van der Waals surface area contributed by atoms with Gasteiger partial charge in [0.1, 0.15) is 5.69 Å². The summed E-state index contributed by atoms with van der Waals surface area (Å²) in [5.41, 5.74) is 1.14. The summed E-state index contributed by atoms with van der Waals surface area (Å²) in [7, 11) is 1.70. The fourth-order valence-corrected chi connectivity index (χ4v) is 4.29. The minimum Gasteiger partial charge on any atom is -0.480 e. The van der Waals surface area contributed by atoms with Crippen molar-refractivity contribution in [2.24, 2.45) is 5.92 Å². The molecule has 108 valence electrons. The van der Waals surface area contributed by atoms with Crippen molar-refractivity contribution in [1.29, 1.82) is 0 Å². The second kappa shape index (κ2) is 5.02. The zero-order chi connectivity index (χ0) is 13.5. The Morgan fingerprint density at radius 1 is 1.45 bits per heavy atom. The van der Waals surface area contributed by atoms with Gasteiger partial charge >= 0.3 is 0 Å². The van der Waals surface area contributed by atoms with Crippen molar-refractivity contribution in [3.8, 4) is 5.88 Å². The maximum absolute atomic E-state index is 5.41. The van der Waals surface area contributed by atoms with Gasteiger partial charge in [-0.1, -0.05) is 0 Å². The average molecular weight is 292 g/mol. The van der Waals surface area contributed by atoms with Crippen LogP contribution < -0.4 is 10.1 Å². The number of fused-ring (bicyclic) bond motifs is 4. The molecule has 0 aromatic carbocycles. The van der Waals surface area contributed by atoms with Crippen LogP contribution in [0.5, 0.6) is 5.88 Å². The maximum Gasteiger partial charge on any atom is 0.237 e. The highest BCUT2D eigenvalue weighted by Gasteiger charge is 2.33. The summed E-state index contributed by atoms with van der Waals surface area (Å²) in [5.74, 6) is 1.60. The Morgan fingerprint density at radius 3 is 3.00 bits per heavy atom. The number of hydrogen-bond donors (Lipinski definition) is 1. The molecule has 1 unspecified atom stereocenters. The number of methoxy groups -OCH3 is 1. The topological polar surface area (TPSA) is 41.8 Å². The van der Waals surface area contributed by atoms with Crippen LogP contribution in [0.3, 0.4) is 0 Å². The molecule has 3 fully saturated rings. The fraction of sp³-hybridized carbons (Fsp3) is 0.643. The molecule has 2 bridgehead atoms. The number of thiazole rings is 1. The molecule has 5 heterocycles. The van der Waals surface area contributed by atoms with E-state index in [-0.39, 0.29) is 0 Å². The number of imidazole rings is 1. The lowest BCUT2D eigenvalue weighted by Crippen LogP contribution is -2.55. The van der Waals surface area contributed by atoms with E-state index in [1.54, 1.807) is 18.4 Å². The number of rotatable bonds is 4. The lowest BCUT2D eigenvalue weighted by Gasteiger charge is -2.45. The molecule has 1 atom stereocenters. The first-order valence-electron chi connectivity index (χ1n) is 7.29. The predicted molar refractivity (Wildman–Crippen MR) is 79.4 cm³/mol. The van der Waals surface area contributed by atoms with Gasteiger partial charge < -0.3 is 15.0 Å². The van der Waals surface area contributed by atoms with E-state index < -0.39 is 0 Å². The Balaban J connectivity index is 1.51. The molecule has 1 N–H and O–H groups in total. The van der Waals surface area contributed by atoms with Crippen LogP contribution in [0.15, 0.2) is 11.6 Å². The Hall–Kier alpha value is -1.11. The van der Waals surface area contributed by atoms with Crippen molar-refractivity contribution >= 4 is 16.3 Å². The van der Waals surface area contributed by atoms with Crippen molar-refractivity contribution in [3.63, 3.8) is 0 Å². The molecule has 3 aliphatic rings. The minimum atomic E-state index is 0.617. The lowest BCUT2D eigenvalue weighted by molar-refractivity contribution is 0.0717. The molecule has 0 radical (unpaired) electrons. The van der Waals surface area contributed by atoms with Gasteiger partial charge in [-0.25, -0.2) is 0 Å². The molecule has 0 spiro atoms. The van der Waals surface area contributed by atoms with E-state index in [2.05, 4.69) is 31.2 Å². The van der Waals surface area contributed by atoms with Gasteiger partial charge in [-0.15, -0.1) is 11.3 Å². The minimum absolute atomic E-state index is 0.617. The normalized spacial score (nSPS) is 29.1. The monoisotopic (exact) mass is 292 g/mol. The second-order valence-electron chi connectivity index (χ2n) is 5.75. The summed E-state index contributed by atoms with van der Waals surface area (Å²) in [4.78, 5) is 8.09. The van der Waals surface area contributed by atoms with E-state index >= 15 is 0 Å². The molecule has 20 heavy (non-hydrogen) atoms. The van der Waals surface area contributed by atoms with Crippen LogP contribution in [0.1, 0.15) is 18.5 Å². The SMILES string of the molecule is COc1nc2sccn2c1CNC1CN2CCC1CC2. The number of piperidine rings is 3. The molecule has 3 saturated heterocycles. The van der Waals surface area contributed by atoms with Crippen LogP contribution in [-0.4, -0.2) is 47.1 Å². The van der Waals surface area contributed by atoms with Crippen LogP contribution in [-0.2, 0) is 6.54 Å². The van der Waals surface area contributed by atoms with Gasteiger partial charge in [0.05, 0.1) is 7.11 Å². The molecule has 5 rings (SSSR count). The van der Waals surface area contributed by atoms with Gasteiger partial charge in [-0.2, -0.15) is 4.98 Å². The van der Waals surface area contributed by atoms with Gasteiger partial charge in [-0.3, -0.25) is 4.40 Å². The van der Waals surface area contributed by atoms with Gasteiger partial charge in [0.2, 0.25) is 5.88 Å². The number of aromatic nitrogens is 2. The molecular formula is C14H20N4OS. The molecule has 3 aliphatic heterocycles. The largest absolute Gasteiger partial charge is 0.480 e. The van der Waals surface area contributed by atoms with E-state index in [1.165, 1.54) is 32.5 Å². The average Bonchev–Trinajstić information content (AvgIpc) is 3.07. The molecule has 6 heteroatoms. The highest BCUT2D eigenvalue weighted by atomic mass is 32.1. The third kappa shape index (κ3) is 2.03. The molecule has 5 nitrogen and oxygen atoms in total. The number of nitrogens with one attached hydrogen (secondary N) is 1. The molecule has 2 aromatic rings. The Kier molecular flexibility index (Phi) is 3.17. The smallest absolute Gasteiger partial charge is 0.237 e. The number of hydrogen-bond acceptors (Lipinski definition) is 5. The number of nitrogens with zero attached hydrogens (tertiary/aromatic N) is 3. The van der Waals surface area contributed by atoms with Gasteiger partial charge in [-0.05, 0) is 31.8 Å². The van der Waals surface area contributed by atoms with E-state index in [1.807, 2.05) is 0 Å². The van der Waals surface area contributed by atoms with Crippen LogP contribution in [0.4, 0.5) is 0 Å². The Bertz CT molecular complexity index is 599. The van der Waals surface area contributed by atoms with Crippen molar-refractivity contribution in [2.45, 2.75) is 25.4 Å². The van der Waals surface area contributed by atoms with Crippen molar-refractivity contribution in [2.75, 3.05) is 26.7 Å². The third-order valence-corrected chi connectivity index (χ3v) is 5.46. The molecule has 0 saturated carbocycles. The Morgan fingerprint density at radius 2 is 2.30 bits per heavy atom. The van der Waals surface area contributed by atoms with Crippen LogP contribution in [0, 0.1) is 5.92 Å². The van der Waals surface area contributed by atoms with E-state index in [9.17, 15) is 0 Å². The van der Waals surface area contributed by atoms with Crippen molar-refractivity contribution in [3.05, 3.63) is 17.3 Å². The summed E-state index contributed by atoms with van der Waals surface area (Å²) < 4.78 is 7.55. The second-order valence-corrected chi connectivity index (χ2v) is 6.62. The van der Waals surface area contributed by atoms with Gasteiger partial charge in [0, 0.05) is 30.7 Å². The predicted octanol–water partition coefficient (Wildman–Crippen LogP) is 1.59. The molecule has 0 amide bonds. The fourth-order valence-electron chi connectivity index (χ4n) is 3.56. The van der Waals surface area contributed by atoms with Gasteiger partial charge in [0.15, 0.2) is 4.96 Å². The van der Waals surface area contributed by atoms with Gasteiger partial charge in [0.25, 0.3) is 0 Å². The highest BCUT2D eigenvalue weighted by Crippen LogP contribution is 2.28. The lowest BCUT2D eigenvalue weighted by atomic mass is 9.84. The quantitative estimate of drug-likeness (QED) is 0.929. The third-order valence-electron chi connectivity index (χ3n) is 4.71. The van der Waals surface area contributed by atoms with Crippen molar-refractivity contribution < 1.29 is 4.74 Å². The summed E-state index contributed by atoms with van der Waals surface area (Å²) in [6, 6.07) is 0.617. The van der Waals surface area contributed by atoms with E-state index in [0.29, 0.717) is 6.04 Å². The van der Waals surface area contributed by atoms with Crippen molar-refractivity contribution in [1.82, 2.24) is 19.6 Å². The molecular weight excluding hydrogens is 272 g/mol. The highest BCUT2D eigenvalue weighted by molar-refractivity contribution is 7.15. The summed E-state index contributed by atoms with van der Waals surface area (Å²) in [5, 5.41) is 5.80. The van der Waals surface area contributed by atoms with Crippen LogP contribution in [0.2, 0.25) is 0 Å². The van der Waals surface area contributed by atoms with E-state index in [4.69, 9.17) is 4.74 Å². The summed E-state index contributed by atoms with van der Waals surface area (Å²) >= 11 is 1.65. The summed E-state index contributed by atoms with van der Waals surface area (Å²) in [6.07, 6.45) is 4.76. The van der Waals surface area contributed by atoms with Crippen LogP contribution >= 0.6 is 11.3 Å². The first kappa shape index (κ1) is 12.6. The first-order valence-corrected chi connectivity index (χ1v) is 8.17. The maximum atomic E-state index is 5.41. The number of ether oxygens (including phenoxy) is 1. The standard InChI is InChI=1S/C14H20N4OS/c1-19-13-12(18-6-7-20-14(18)16-13)8-15-11-9-17-4-2-10(11)3-5-17/h6-7,10-11,15H,2-5,8-9H2,1H3. The Labute approximate surface area is 122 Å². The van der Waals surface area contributed by atoms with E-state index in [0.717, 1.165) is 29.0 Å². The molecule has 2 aromatic heterocycles. The summed E-state index contributed by atoms with van der Waals surface area (Å²) in [6.45, 7) is 4.59. The van der Waals surface area contributed by atoms with Crippen LogP contribution in [0.25, 0.3) is 4.96 Å². The zero-order valence-electron chi connectivity index (χ0n) is 11.7. The zero-order valence-corrected chi connectivity index (χ0v) is 12.5. The molecule has 0 aliphatic carbocycles. The first-order chi connectivity index (χ1) is 9.85.